The minimum absolute atomic E-state index is 0.0457. The van der Waals surface area contributed by atoms with Gasteiger partial charge in [0, 0.05) is 24.5 Å². The summed E-state index contributed by atoms with van der Waals surface area (Å²) in [6.45, 7) is 4.59. The normalized spacial score (nSPS) is 10.9. The zero-order chi connectivity index (χ0) is 15.4. The van der Waals surface area contributed by atoms with Crippen molar-refractivity contribution in [1.29, 1.82) is 0 Å². The molecule has 2 rings (SSSR count). The Labute approximate surface area is 129 Å². The molecule has 0 fully saturated rings. The SMILES string of the molecule is CC(C)c1ccc(-c2nc(C(=O)N(C)CCO)cs2)cc1. The van der Waals surface area contributed by atoms with E-state index >= 15 is 0 Å². The third-order valence-electron chi connectivity index (χ3n) is 3.33. The number of benzene rings is 1. The Bertz CT molecular complexity index is 605. The third-order valence-corrected chi connectivity index (χ3v) is 4.22. The number of nitrogens with zero attached hydrogens (tertiary/aromatic N) is 2. The maximum absolute atomic E-state index is 12.1. The van der Waals surface area contributed by atoms with Gasteiger partial charge in [0.25, 0.3) is 5.91 Å². The number of aliphatic hydroxyl groups is 1. The van der Waals surface area contributed by atoms with Crippen LogP contribution in [0.15, 0.2) is 29.6 Å². The third kappa shape index (κ3) is 3.68. The molecule has 1 aromatic carbocycles. The molecule has 1 amide bonds. The van der Waals surface area contributed by atoms with Gasteiger partial charge in [0.2, 0.25) is 0 Å². The van der Waals surface area contributed by atoms with Crippen LogP contribution in [0.2, 0.25) is 0 Å². The molecule has 0 bridgehead atoms. The van der Waals surface area contributed by atoms with Gasteiger partial charge in [0.15, 0.2) is 0 Å². The summed E-state index contributed by atoms with van der Waals surface area (Å²) >= 11 is 1.46. The Morgan fingerprint density at radius 3 is 2.57 bits per heavy atom. The molecule has 1 aromatic heterocycles. The molecule has 1 N–H and O–H groups in total. The van der Waals surface area contributed by atoms with Crippen molar-refractivity contribution in [3.05, 3.63) is 40.9 Å². The number of carbonyl (C=O) groups is 1. The van der Waals surface area contributed by atoms with Crippen LogP contribution in [0.5, 0.6) is 0 Å². The summed E-state index contributed by atoms with van der Waals surface area (Å²) in [5.41, 5.74) is 2.74. The highest BCUT2D eigenvalue weighted by molar-refractivity contribution is 7.13. The average molecular weight is 304 g/mol. The first kappa shape index (κ1) is 15.7. The molecule has 0 aliphatic rings. The van der Waals surface area contributed by atoms with Crippen molar-refractivity contribution in [3.63, 3.8) is 0 Å². The van der Waals surface area contributed by atoms with Crippen LogP contribution in [0.3, 0.4) is 0 Å². The van der Waals surface area contributed by atoms with E-state index in [2.05, 4.69) is 31.0 Å². The molecule has 5 heteroatoms. The first-order chi connectivity index (χ1) is 10.0. The van der Waals surface area contributed by atoms with Gasteiger partial charge in [-0.3, -0.25) is 4.79 Å². The minimum atomic E-state index is -0.162. The van der Waals surface area contributed by atoms with E-state index in [9.17, 15) is 4.79 Å². The van der Waals surface area contributed by atoms with E-state index in [1.807, 2.05) is 12.1 Å². The highest BCUT2D eigenvalue weighted by Gasteiger charge is 2.15. The Kier molecular flexibility index (Phi) is 5.09. The predicted molar refractivity (Wildman–Crippen MR) is 85.7 cm³/mol. The summed E-state index contributed by atoms with van der Waals surface area (Å²) in [6, 6.07) is 8.28. The van der Waals surface area contributed by atoms with Crippen molar-refractivity contribution in [3.8, 4) is 10.6 Å². The first-order valence-corrected chi connectivity index (χ1v) is 7.83. The number of rotatable bonds is 5. The molecule has 0 saturated heterocycles. The van der Waals surface area contributed by atoms with Gasteiger partial charge in [-0.05, 0) is 11.5 Å². The molecule has 2 aromatic rings. The second-order valence-electron chi connectivity index (χ2n) is 5.26. The quantitative estimate of drug-likeness (QED) is 0.924. The lowest BCUT2D eigenvalue weighted by Gasteiger charge is -2.13. The van der Waals surface area contributed by atoms with Crippen molar-refractivity contribution in [2.24, 2.45) is 0 Å². The van der Waals surface area contributed by atoms with Crippen LogP contribution >= 0.6 is 11.3 Å². The van der Waals surface area contributed by atoms with Crippen molar-refractivity contribution < 1.29 is 9.90 Å². The maximum atomic E-state index is 12.1. The van der Waals surface area contributed by atoms with Gasteiger partial charge in [-0.25, -0.2) is 4.98 Å². The van der Waals surface area contributed by atoms with Crippen LogP contribution in [0.1, 0.15) is 35.8 Å². The fraction of sp³-hybridized carbons (Fsp3) is 0.375. The van der Waals surface area contributed by atoms with Crippen LogP contribution in [0.4, 0.5) is 0 Å². The lowest BCUT2D eigenvalue weighted by Crippen LogP contribution is -2.29. The van der Waals surface area contributed by atoms with Gasteiger partial charge in [0.1, 0.15) is 10.7 Å². The number of aromatic nitrogens is 1. The van der Waals surface area contributed by atoms with E-state index in [0.717, 1.165) is 10.6 Å². The van der Waals surface area contributed by atoms with E-state index in [1.165, 1.54) is 21.8 Å². The van der Waals surface area contributed by atoms with Crippen LogP contribution < -0.4 is 0 Å². The molecule has 0 spiro atoms. The van der Waals surface area contributed by atoms with Crippen LogP contribution in [-0.2, 0) is 0 Å². The summed E-state index contributed by atoms with van der Waals surface area (Å²) in [5, 5.41) is 11.5. The van der Waals surface area contributed by atoms with Crippen molar-refractivity contribution >= 4 is 17.2 Å². The number of carbonyl (C=O) groups excluding carboxylic acids is 1. The monoisotopic (exact) mass is 304 g/mol. The number of amides is 1. The summed E-state index contributed by atoms with van der Waals surface area (Å²) in [7, 11) is 1.66. The topological polar surface area (TPSA) is 53.4 Å². The molecule has 0 atom stereocenters. The van der Waals surface area contributed by atoms with Gasteiger partial charge < -0.3 is 10.0 Å². The van der Waals surface area contributed by atoms with Crippen LogP contribution in [0, 0.1) is 0 Å². The molecule has 0 radical (unpaired) electrons. The molecule has 0 unspecified atom stereocenters. The van der Waals surface area contributed by atoms with Crippen molar-refractivity contribution in [1.82, 2.24) is 9.88 Å². The molecule has 21 heavy (non-hydrogen) atoms. The zero-order valence-corrected chi connectivity index (χ0v) is 13.4. The molecular formula is C16H20N2O2S. The van der Waals surface area contributed by atoms with Crippen LogP contribution in [0.25, 0.3) is 10.6 Å². The summed E-state index contributed by atoms with van der Waals surface area (Å²) in [6.07, 6.45) is 0. The van der Waals surface area contributed by atoms with Crippen molar-refractivity contribution in [2.75, 3.05) is 20.2 Å². The Balaban J connectivity index is 2.17. The van der Waals surface area contributed by atoms with E-state index in [0.29, 0.717) is 18.2 Å². The fourth-order valence-electron chi connectivity index (χ4n) is 1.96. The number of aliphatic hydroxyl groups excluding tert-OH is 1. The fourth-order valence-corrected chi connectivity index (χ4v) is 2.76. The smallest absolute Gasteiger partial charge is 0.273 e. The highest BCUT2D eigenvalue weighted by atomic mass is 32.1. The van der Waals surface area contributed by atoms with Gasteiger partial charge in [-0.15, -0.1) is 11.3 Å². The summed E-state index contributed by atoms with van der Waals surface area (Å²) in [5.74, 6) is 0.338. The molecule has 112 valence electrons. The van der Waals surface area contributed by atoms with Gasteiger partial charge in [-0.2, -0.15) is 0 Å². The summed E-state index contributed by atoms with van der Waals surface area (Å²) in [4.78, 5) is 18.0. The zero-order valence-electron chi connectivity index (χ0n) is 12.5. The molecule has 0 aliphatic heterocycles. The molecule has 0 aliphatic carbocycles. The largest absolute Gasteiger partial charge is 0.395 e. The molecule has 4 nitrogen and oxygen atoms in total. The second kappa shape index (κ2) is 6.83. The number of hydrogen-bond acceptors (Lipinski definition) is 4. The van der Waals surface area contributed by atoms with Gasteiger partial charge in [0.05, 0.1) is 6.61 Å². The second-order valence-corrected chi connectivity index (χ2v) is 6.12. The first-order valence-electron chi connectivity index (χ1n) is 6.95. The Morgan fingerprint density at radius 2 is 2.00 bits per heavy atom. The standard InChI is InChI=1S/C16H20N2O2S/c1-11(2)12-4-6-13(7-5-12)15-17-14(10-21-15)16(20)18(3)8-9-19/h4-7,10-11,19H,8-9H2,1-3H3. The molecular weight excluding hydrogens is 284 g/mol. The lowest BCUT2D eigenvalue weighted by atomic mass is 10.0. The number of hydrogen-bond donors (Lipinski definition) is 1. The Morgan fingerprint density at radius 1 is 1.33 bits per heavy atom. The molecule has 0 saturated carbocycles. The van der Waals surface area contributed by atoms with E-state index in [-0.39, 0.29) is 12.5 Å². The van der Waals surface area contributed by atoms with E-state index in [1.54, 1.807) is 12.4 Å². The molecule has 1 heterocycles. The number of thiazole rings is 1. The van der Waals surface area contributed by atoms with Crippen molar-refractivity contribution in [2.45, 2.75) is 19.8 Å². The highest BCUT2D eigenvalue weighted by Crippen LogP contribution is 2.26. The van der Waals surface area contributed by atoms with Gasteiger partial charge in [-0.1, -0.05) is 38.1 Å². The van der Waals surface area contributed by atoms with Gasteiger partial charge >= 0.3 is 0 Å². The predicted octanol–water partition coefficient (Wildman–Crippen LogP) is 3.00. The summed E-state index contributed by atoms with van der Waals surface area (Å²) < 4.78 is 0. The number of likely N-dealkylation sites (N-methyl/N-ethyl adjacent to an activating group) is 1. The van der Waals surface area contributed by atoms with E-state index in [4.69, 9.17) is 5.11 Å². The van der Waals surface area contributed by atoms with E-state index < -0.39 is 0 Å². The average Bonchev–Trinajstić information content (AvgIpc) is 2.96. The minimum Gasteiger partial charge on any atom is -0.395 e. The maximum Gasteiger partial charge on any atom is 0.273 e. The Hall–Kier alpha value is -1.72. The van der Waals surface area contributed by atoms with Crippen LogP contribution in [-0.4, -0.2) is 41.1 Å². The lowest BCUT2D eigenvalue weighted by molar-refractivity contribution is 0.0762.